The molecule has 1 aromatic rings. The average Bonchev–Trinajstić information content (AvgIpc) is 2.19. The van der Waals surface area contributed by atoms with Gasteiger partial charge in [0.2, 0.25) is 0 Å². The molecular weight excluding hydrogens is 202 g/mol. The van der Waals surface area contributed by atoms with E-state index in [9.17, 15) is 4.79 Å². The second-order valence-electron chi connectivity index (χ2n) is 2.62. The second kappa shape index (κ2) is 5.62. The van der Waals surface area contributed by atoms with Crippen LogP contribution in [-0.4, -0.2) is 33.5 Å². The molecule has 76 valence electrons. The number of nitrogens with zero attached hydrogens (tertiary/aromatic N) is 1. The molecule has 0 bridgehead atoms. The molecule has 14 heavy (non-hydrogen) atoms. The van der Waals surface area contributed by atoms with Gasteiger partial charge in [-0.15, -0.1) is 11.8 Å². The molecule has 0 aliphatic carbocycles. The monoisotopic (exact) mass is 213 g/mol. The Bertz CT molecular complexity index is 299. The van der Waals surface area contributed by atoms with E-state index < -0.39 is 5.97 Å². The van der Waals surface area contributed by atoms with Crippen molar-refractivity contribution in [2.45, 2.75) is 11.4 Å². The average molecular weight is 213 g/mol. The Morgan fingerprint density at radius 2 is 2.29 bits per heavy atom. The minimum Gasteiger partial charge on any atom is -0.478 e. The first-order chi connectivity index (χ1) is 6.74. The maximum Gasteiger partial charge on any atom is 0.337 e. The summed E-state index contributed by atoms with van der Waals surface area (Å²) >= 11 is 1.50. The molecule has 1 rings (SSSR count). The van der Waals surface area contributed by atoms with E-state index in [1.165, 1.54) is 24.0 Å². The Kier molecular flexibility index (Phi) is 4.42. The number of thioether (sulfide) groups is 1. The molecular formula is C9H11NO3S. The third-order valence-corrected chi connectivity index (χ3v) is 2.57. The summed E-state index contributed by atoms with van der Waals surface area (Å²) in [5, 5.41) is 17.9. The molecule has 1 aromatic heterocycles. The topological polar surface area (TPSA) is 70.4 Å². The van der Waals surface area contributed by atoms with E-state index in [1.807, 2.05) is 0 Å². The quantitative estimate of drug-likeness (QED) is 0.569. The lowest BCUT2D eigenvalue weighted by molar-refractivity contribution is 0.0696. The zero-order valence-corrected chi connectivity index (χ0v) is 8.33. The SMILES string of the molecule is O=C(O)c1ccc(SCCCO)nc1. The first-order valence-electron chi connectivity index (χ1n) is 4.17. The standard InChI is InChI=1S/C9H11NO3S/c11-4-1-5-14-8-3-2-7(6-10-8)9(12)13/h2-3,6,11H,1,4-5H2,(H,12,13). The fourth-order valence-corrected chi connectivity index (χ4v) is 1.61. The zero-order chi connectivity index (χ0) is 10.4. The van der Waals surface area contributed by atoms with Crippen LogP contribution in [0.3, 0.4) is 0 Å². The normalized spacial score (nSPS) is 10.1. The molecule has 0 saturated heterocycles. The Morgan fingerprint density at radius 1 is 1.50 bits per heavy atom. The van der Waals surface area contributed by atoms with Crippen LogP contribution in [0.25, 0.3) is 0 Å². The molecule has 0 amide bonds. The van der Waals surface area contributed by atoms with E-state index in [2.05, 4.69) is 4.98 Å². The number of carboxylic acid groups (broad SMARTS) is 1. The van der Waals surface area contributed by atoms with Crippen LogP contribution in [0.5, 0.6) is 0 Å². The molecule has 0 radical (unpaired) electrons. The van der Waals surface area contributed by atoms with Gasteiger partial charge in [-0.25, -0.2) is 9.78 Å². The summed E-state index contributed by atoms with van der Waals surface area (Å²) < 4.78 is 0. The number of pyridine rings is 1. The minimum absolute atomic E-state index is 0.167. The van der Waals surface area contributed by atoms with Gasteiger partial charge < -0.3 is 10.2 Å². The number of aromatic nitrogens is 1. The summed E-state index contributed by atoms with van der Waals surface area (Å²) in [6.45, 7) is 0.167. The number of aliphatic hydroxyl groups is 1. The Morgan fingerprint density at radius 3 is 2.79 bits per heavy atom. The number of aromatic carboxylic acids is 1. The number of hydrogen-bond acceptors (Lipinski definition) is 4. The number of carbonyl (C=O) groups is 1. The van der Waals surface area contributed by atoms with Crippen LogP contribution in [0.4, 0.5) is 0 Å². The maximum atomic E-state index is 10.5. The molecule has 1 heterocycles. The third-order valence-electron chi connectivity index (χ3n) is 1.54. The lowest BCUT2D eigenvalue weighted by atomic mass is 10.3. The largest absolute Gasteiger partial charge is 0.478 e. The van der Waals surface area contributed by atoms with Gasteiger partial charge in [0.1, 0.15) is 0 Å². The van der Waals surface area contributed by atoms with Crippen LogP contribution in [0.15, 0.2) is 23.4 Å². The molecule has 0 atom stereocenters. The van der Waals surface area contributed by atoms with Crippen molar-refractivity contribution in [2.75, 3.05) is 12.4 Å². The van der Waals surface area contributed by atoms with Crippen molar-refractivity contribution in [1.82, 2.24) is 4.98 Å². The lowest BCUT2D eigenvalue weighted by Crippen LogP contribution is -1.97. The van der Waals surface area contributed by atoms with E-state index in [1.54, 1.807) is 6.07 Å². The number of hydrogen-bond donors (Lipinski definition) is 2. The van der Waals surface area contributed by atoms with E-state index in [-0.39, 0.29) is 12.2 Å². The van der Waals surface area contributed by atoms with Gasteiger partial charge in [0, 0.05) is 18.6 Å². The van der Waals surface area contributed by atoms with Crippen LogP contribution in [-0.2, 0) is 0 Å². The number of carboxylic acids is 1. The smallest absolute Gasteiger partial charge is 0.337 e. The minimum atomic E-state index is -0.968. The number of rotatable bonds is 5. The van der Waals surface area contributed by atoms with Crippen molar-refractivity contribution in [3.05, 3.63) is 23.9 Å². The summed E-state index contributed by atoms with van der Waals surface area (Å²) in [7, 11) is 0. The molecule has 0 aliphatic rings. The van der Waals surface area contributed by atoms with Gasteiger partial charge in [0.25, 0.3) is 0 Å². The van der Waals surface area contributed by atoms with Crippen LogP contribution in [0.2, 0.25) is 0 Å². The molecule has 0 aromatic carbocycles. The van der Waals surface area contributed by atoms with Gasteiger partial charge in [-0.1, -0.05) is 0 Å². The molecule has 0 spiro atoms. The Labute approximate surface area is 86.0 Å². The van der Waals surface area contributed by atoms with Gasteiger partial charge in [-0.05, 0) is 18.6 Å². The van der Waals surface area contributed by atoms with Crippen molar-refractivity contribution in [3.63, 3.8) is 0 Å². The predicted octanol–water partition coefficient (Wildman–Crippen LogP) is 1.25. The summed E-state index contributed by atoms with van der Waals surface area (Å²) in [6, 6.07) is 3.20. The van der Waals surface area contributed by atoms with Gasteiger partial charge >= 0.3 is 5.97 Å². The maximum absolute atomic E-state index is 10.5. The summed E-state index contributed by atoms with van der Waals surface area (Å²) in [6.07, 6.45) is 2.05. The highest BCUT2D eigenvalue weighted by atomic mass is 32.2. The Balaban J connectivity index is 2.51. The highest BCUT2D eigenvalue weighted by Crippen LogP contribution is 2.15. The van der Waals surface area contributed by atoms with Crippen molar-refractivity contribution < 1.29 is 15.0 Å². The Hall–Kier alpha value is -1.07. The van der Waals surface area contributed by atoms with Gasteiger partial charge in [0.05, 0.1) is 10.6 Å². The van der Waals surface area contributed by atoms with E-state index in [4.69, 9.17) is 10.2 Å². The van der Waals surface area contributed by atoms with Crippen LogP contribution in [0, 0.1) is 0 Å². The van der Waals surface area contributed by atoms with Crippen LogP contribution >= 0.6 is 11.8 Å². The molecule has 0 unspecified atom stereocenters. The van der Waals surface area contributed by atoms with Crippen LogP contribution < -0.4 is 0 Å². The van der Waals surface area contributed by atoms with Crippen molar-refractivity contribution >= 4 is 17.7 Å². The molecule has 2 N–H and O–H groups in total. The molecule has 0 aliphatic heterocycles. The fraction of sp³-hybridized carbons (Fsp3) is 0.333. The van der Waals surface area contributed by atoms with E-state index >= 15 is 0 Å². The van der Waals surface area contributed by atoms with E-state index in [0.29, 0.717) is 6.42 Å². The summed E-state index contributed by atoms with van der Waals surface area (Å²) in [5.41, 5.74) is 0.191. The van der Waals surface area contributed by atoms with Gasteiger partial charge in [-0.3, -0.25) is 0 Å². The van der Waals surface area contributed by atoms with Crippen LogP contribution in [0.1, 0.15) is 16.8 Å². The summed E-state index contributed by atoms with van der Waals surface area (Å²) in [5.74, 6) is -0.181. The predicted molar refractivity (Wildman–Crippen MR) is 53.6 cm³/mol. The van der Waals surface area contributed by atoms with E-state index in [0.717, 1.165) is 10.8 Å². The summed E-state index contributed by atoms with van der Waals surface area (Å²) in [4.78, 5) is 14.5. The molecule has 0 saturated carbocycles. The molecule has 5 heteroatoms. The van der Waals surface area contributed by atoms with Gasteiger partial charge in [-0.2, -0.15) is 0 Å². The fourth-order valence-electron chi connectivity index (χ4n) is 0.833. The van der Waals surface area contributed by atoms with Crippen molar-refractivity contribution in [3.8, 4) is 0 Å². The second-order valence-corrected chi connectivity index (χ2v) is 3.73. The lowest BCUT2D eigenvalue weighted by Gasteiger charge is -1.99. The van der Waals surface area contributed by atoms with Gasteiger partial charge in [0.15, 0.2) is 0 Å². The van der Waals surface area contributed by atoms with Crippen molar-refractivity contribution in [1.29, 1.82) is 0 Å². The number of aliphatic hydroxyl groups excluding tert-OH is 1. The molecule has 0 fully saturated rings. The molecule has 4 nitrogen and oxygen atoms in total. The highest BCUT2D eigenvalue weighted by Gasteiger charge is 2.02. The highest BCUT2D eigenvalue weighted by molar-refractivity contribution is 7.99. The third kappa shape index (κ3) is 3.35. The van der Waals surface area contributed by atoms with Crippen molar-refractivity contribution in [2.24, 2.45) is 0 Å². The first kappa shape index (κ1) is 11.0. The first-order valence-corrected chi connectivity index (χ1v) is 5.15. The zero-order valence-electron chi connectivity index (χ0n) is 7.51.